The van der Waals surface area contributed by atoms with Gasteiger partial charge >= 0.3 is 0 Å². The summed E-state index contributed by atoms with van der Waals surface area (Å²) in [5.74, 6) is -0.116. The summed E-state index contributed by atoms with van der Waals surface area (Å²) in [5, 5.41) is 16.8. The van der Waals surface area contributed by atoms with Crippen LogP contribution >= 0.6 is 0 Å². The van der Waals surface area contributed by atoms with Crippen LogP contribution in [-0.4, -0.2) is 22.2 Å². The fourth-order valence-electron chi connectivity index (χ4n) is 3.23. The van der Waals surface area contributed by atoms with Crippen molar-refractivity contribution in [3.05, 3.63) is 77.0 Å². The van der Waals surface area contributed by atoms with Gasteiger partial charge in [0.15, 0.2) is 0 Å². The number of nitrogens with one attached hydrogen (secondary N) is 1. The highest BCUT2D eigenvalue weighted by Gasteiger charge is 2.25. The predicted octanol–water partition coefficient (Wildman–Crippen LogP) is 4.34. The molecule has 0 saturated carbocycles. The molecule has 1 aromatic heterocycles. The van der Waals surface area contributed by atoms with Gasteiger partial charge in [0.05, 0.1) is 17.3 Å². The van der Waals surface area contributed by atoms with E-state index < -0.39 is 0 Å². The first-order valence-corrected chi connectivity index (χ1v) is 9.49. The average molecular weight is 372 g/mol. The van der Waals surface area contributed by atoms with Gasteiger partial charge in [0, 0.05) is 30.1 Å². The standard InChI is InChI=1S/C23H24N4O/c1-4-25-23(28)22-20(14-17-8-6-5-7-9-17)21(26-27(22)16(2)3)19-12-10-18(15-24)11-13-19/h5-13,16H,4,14H2,1-3H3,(H,25,28). The van der Waals surface area contributed by atoms with E-state index >= 15 is 0 Å². The van der Waals surface area contributed by atoms with Crippen LogP contribution in [0.1, 0.15) is 54.0 Å². The monoisotopic (exact) mass is 372 g/mol. The maximum Gasteiger partial charge on any atom is 0.269 e. The first kappa shape index (κ1) is 19.4. The number of rotatable bonds is 6. The molecule has 5 heteroatoms. The zero-order valence-corrected chi connectivity index (χ0v) is 16.4. The number of benzene rings is 2. The van der Waals surface area contributed by atoms with Crippen LogP contribution in [0.3, 0.4) is 0 Å². The molecule has 0 saturated heterocycles. The van der Waals surface area contributed by atoms with E-state index in [2.05, 4.69) is 23.5 Å². The van der Waals surface area contributed by atoms with Crippen molar-refractivity contribution in [2.24, 2.45) is 0 Å². The average Bonchev–Trinajstić information content (AvgIpc) is 3.08. The van der Waals surface area contributed by atoms with Crippen molar-refractivity contribution >= 4 is 5.91 Å². The predicted molar refractivity (Wildman–Crippen MR) is 110 cm³/mol. The lowest BCUT2D eigenvalue weighted by atomic mass is 9.98. The van der Waals surface area contributed by atoms with Crippen molar-refractivity contribution in [1.29, 1.82) is 5.26 Å². The van der Waals surface area contributed by atoms with Crippen molar-refractivity contribution in [2.45, 2.75) is 33.2 Å². The van der Waals surface area contributed by atoms with Gasteiger partial charge in [-0.15, -0.1) is 0 Å². The molecule has 1 heterocycles. The summed E-state index contributed by atoms with van der Waals surface area (Å²) in [6, 6.07) is 19.6. The molecule has 3 rings (SSSR count). The van der Waals surface area contributed by atoms with Gasteiger partial charge in [0.25, 0.3) is 5.91 Å². The molecule has 0 fully saturated rings. The molecular weight excluding hydrogens is 348 g/mol. The molecule has 0 aliphatic heterocycles. The molecule has 3 aromatic rings. The first-order chi connectivity index (χ1) is 13.5. The highest BCUT2D eigenvalue weighted by atomic mass is 16.2. The fraction of sp³-hybridized carbons (Fsp3) is 0.261. The second-order valence-corrected chi connectivity index (χ2v) is 6.93. The minimum Gasteiger partial charge on any atom is -0.351 e. The highest BCUT2D eigenvalue weighted by molar-refractivity contribution is 5.96. The van der Waals surface area contributed by atoms with Gasteiger partial charge in [-0.3, -0.25) is 9.48 Å². The van der Waals surface area contributed by atoms with Crippen molar-refractivity contribution < 1.29 is 4.79 Å². The van der Waals surface area contributed by atoms with E-state index in [1.165, 1.54) is 0 Å². The molecule has 1 amide bonds. The van der Waals surface area contributed by atoms with E-state index in [1.54, 1.807) is 16.8 Å². The number of carbonyl (C=O) groups is 1. The van der Waals surface area contributed by atoms with E-state index in [-0.39, 0.29) is 11.9 Å². The molecule has 0 aliphatic carbocycles. The molecule has 142 valence electrons. The lowest BCUT2D eigenvalue weighted by Crippen LogP contribution is -2.27. The van der Waals surface area contributed by atoms with Gasteiger partial charge in [-0.25, -0.2) is 0 Å². The Morgan fingerprint density at radius 1 is 1.14 bits per heavy atom. The zero-order valence-electron chi connectivity index (χ0n) is 16.4. The molecule has 2 aromatic carbocycles. The largest absolute Gasteiger partial charge is 0.351 e. The first-order valence-electron chi connectivity index (χ1n) is 9.49. The molecule has 28 heavy (non-hydrogen) atoms. The Balaban J connectivity index is 2.20. The summed E-state index contributed by atoms with van der Waals surface area (Å²) >= 11 is 0. The molecule has 0 bridgehead atoms. The quantitative estimate of drug-likeness (QED) is 0.699. The minimum atomic E-state index is -0.116. The molecule has 0 aliphatic rings. The summed E-state index contributed by atoms with van der Waals surface area (Å²) in [7, 11) is 0. The second-order valence-electron chi connectivity index (χ2n) is 6.93. The summed E-state index contributed by atoms with van der Waals surface area (Å²) in [6.45, 7) is 6.50. The Morgan fingerprint density at radius 2 is 1.82 bits per heavy atom. The molecule has 0 spiro atoms. The van der Waals surface area contributed by atoms with Crippen LogP contribution in [0.5, 0.6) is 0 Å². The van der Waals surface area contributed by atoms with Gasteiger partial charge in [-0.2, -0.15) is 10.4 Å². The molecular formula is C23H24N4O. The van der Waals surface area contributed by atoms with Crippen molar-refractivity contribution in [2.75, 3.05) is 6.54 Å². The van der Waals surface area contributed by atoms with Crippen molar-refractivity contribution in [1.82, 2.24) is 15.1 Å². The van der Waals surface area contributed by atoms with Crippen LogP contribution in [0.2, 0.25) is 0 Å². The summed E-state index contributed by atoms with van der Waals surface area (Å²) in [5.41, 5.74) is 4.89. The van der Waals surface area contributed by atoms with E-state index in [0.29, 0.717) is 24.2 Å². The molecule has 0 radical (unpaired) electrons. The molecule has 0 unspecified atom stereocenters. The van der Waals surface area contributed by atoms with E-state index in [0.717, 1.165) is 22.4 Å². The van der Waals surface area contributed by atoms with Gasteiger partial charge in [0.2, 0.25) is 0 Å². The number of aromatic nitrogens is 2. The van der Waals surface area contributed by atoms with Gasteiger partial charge in [-0.1, -0.05) is 42.5 Å². The third kappa shape index (κ3) is 3.96. The van der Waals surface area contributed by atoms with Crippen LogP contribution in [0.15, 0.2) is 54.6 Å². The Morgan fingerprint density at radius 3 is 2.39 bits per heavy atom. The van der Waals surface area contributed by atoms with Gasteiger partial charge in [-0.05, 0) is 38.5 Å². The highest BCUT2D eigenvalue weighted by Crippen LogP contribution is 2.30. The Kier molecular flexibility index (Phi) is 5.90. The van der Waals surface area contributed by atoms with Gasteiger partial charge < -0.3 is 5.32 Å². The second kappa shape index (κ2) is 8.53. The van der Waals surface area contributed by atoms with Crippen molar-refractivity contribution in [3.63, 3.8) is 0 Å². The smallest absolute Gasteiger partial charge is 0.269 e. The van der Waals surface area contributed by atoms with Crippen LogP contribution in [0.25, 0.3) is 11.3 Å². The lowest BCUT2D eigenvalue weighted by molar-refractivity contribution is 0.0942. The van der Waals surface area contributed by atoms with Crippen LogP contribution in [0.4, 0.5) is 0 Å². The minimum absolute atomic E-state index is 0.0410. The van der Waals surface area contributed by atoms with Crippen LogP contribution < -0.4 is 5.32 Å². The van der Waals surface area contributed by atoms with Crippen LogP contribution in [-0.2, 0) is 6.42 Å². The number of carbonyl (C=O) groups excluding carboxylic acids is 1. The Hall–Kier alpha value is -3.39. The number of amides is 1. The summed E-state index contributed by atoms with van der Waals surface area (Å²) in [6.07, 6.45) is 0.607. The third-order valence-electron chi connectivity index (χ3n) is 4.56. The SMILES string of the molecule is CCNC(=O)c1c(Cc2ccccc2)c(-c2ccc(C#N)cc2)nn1C(C)C. The number of nitriles is 1. The topological polar surface area (TPSA) is 70.7 Å². The molecule has 1 N–H and O–H groups in total. The maximum absolute atomic E-state index is 12.9. The third-order valence-corrected chi connectivity index (χ3v) is 4.56. The maximum atomic E-state index is 12.9. The van der Waals surface area contributed by atoms with Gasteiger partial charge in [0.1, 0.15) is 5.69 Å². The fourth-order valence-corrected chi connectivity index (χ4v) is 3.23. The zero-order chi connectivity index (χ0) is 20.1. The summed E-state index contributed by atoms with van der Waals surface area (Å²) < 4.78 is 1.80. The molecule has 0 atom stereocenters. The van der Waals surface area contributed by atoms with E-state index in [9.17, 15) is 4.79 Å². The summed E-state index contributed by atoms with van der Waals surface area (Å²) in [4.78, 5) is 12.9. The Labute approximate surface area is 165 Å². The number of hydrogen-bond donors (Lipinski definition) is 1. The lowest BCUT2D eigenvalue weighted by Gasteiger charge is -2.12. The molecule has 5 nitrogen and oxygen atoms in total. The van der Waals surface area contributed by atoms with E-state index in [1.807, 2.05) is 51.1 Å². The number of nitrogens with zero attached hydrogens (tertiary/aromatic N) is 3. The van der Waals surface area contributed by atoms with Crippen molar-refractivity contribution in [3.8, 4) is 17.3 Å². The number of hydrogen-bond acceptors (Lipinski definition) is 3. The Bertz CT molecular complexity index is 996. The van der Waals surface area contributed by atoms with Crippen LogP contribution in [0, 0.1) is 11.3 Å². The van der Waals surface area contributed by atoms with E-state index in [4.69, 9.17) is 10.4 Å². The normalized spacial score (nSPS) is 10.7.